The second-order valence-electron chi connectivity index (χ2n) is 4.92. The van der Waals surface area contributed by atoms with E-state index in [4.69, 9.17) is 10.2 Å². The molecule has 1 aromatic heterocycles. The van der Waals surface area contributed by atoms with E-state index >= 15 is 0 Å². The summed E-state index contributed by atoms with van der Waals surface area (Å²) in [5.74, 6) is 0.746. The molecule has 2 aromatic rings. The summed E-state index contributed by atoms with van der Waals surface area (Å²) in [5.41, 5.74) is 6.94. The highest BCUT2D eigenvalue weighted by Crippen LogP contribution is 2.28. The van der Waals surface area contributed by atoms with Crippen molar-refractivity contribution in [1.82, 2.24) is 4.31 Å². The Morgan fingerprint density at radius 2 is 2.00 bits per heavy atom. The molecule has 114 valence electrons. The highest BCUT2D eigenvalue weighted by atomic mass is 32.2. The molecule has 0 aliphatic carbocycles. The monoisotopic (exact) mass is 309 g/mol. The summed E-state index contributed by atoms with van der Waals surface area (Å²) in [7, 11) is -0.511. The van der Waals surface area contributed by atoms with Crippen molar-refractivity contribution < 1.29 is 12.8 Å². The summed E-state index contributed by atoms with van der Waals surface area (Å²) in [4.78, 5) is 0.191. The molecule has 1 heterocycles. The number of benzene rings is 1. The Labute approximate surface area is 124 Å². The second kappa shape index (κ2) is 5.79. The number of hydrogen-bond donors (Lipinski definition) is 2. The Kier molecular flexibility index (Phi) is 4.24. The summed E-state index contributed by atoms with van der Waals surface area (Å²) < 4.78 is 30.8. The Balaban J connectivity index is 2.32. The number of nitrogens with zero attached hydrogens (tertiary/aromatic N) is 1. The van der Waals surface area contributed by atoms with E-state index in [0.29, 0.717) is 11.4 Å². The number of anilines is 2. The molecule has 1 unspecified atom stereocenters. The fourth-order valence-electron chi connectivity index (χ4n) is 1.87. The second-order valence-corrected chi connectivity index (χ2v) is 7.07. The zero-order valence-electron chi connectivity index (χ0n) is 12.2. The van der Waals surface area contributed by atoms with Gasteiger partial charge in [0.25, 0.3) is 0 Å². The number of nitrogens with two attached hydrogens (primary N) is 1. The smallest absolute Gasteiger partial charge is 0.242 e. The molecule has 3 N–H and O–H groups in total. The predicted molar refractivity (Wildman–Crippen MR) is 82.5 cm³/mol. The van der Waals surface area contributed by atoms with Gasteiger partial charge in [-0.1, -0.05) is 0 Å². The lowest BCUT2D eigenvalue weighted by Gasteiger charge is -2.17. The van der Waals surface area contributed by atoms with Gasteiger partial charge in [-0.25, -0.2) is 12.7 Å². The van der Waals surface area contributed by atoms with E-state index in [1.165, 1.54) is 26.2 Å². The van der Waals surface area contributed by atoms with Crippen molar-refractivity contribution in [3.63, 3.8) is 0 Å². The maximum atomic E-state index is 12.1. The number of hydrogen-bond acceptors (Lipinski definition) is 5. The van der Waals surface area contributed by atoms with E-state index in [-0.39, 0.29) is 10.9 Å². The van der Waals surface area contributed by atoms with Crippen molar-refractivity contribution in [3.8, 4) is 0 Å². The van der Waals surface area contributed by atoms with Gasteiger partial charge in [-0.05, 0) is 37.3 Å². The number of nitrogens with one attached hydrogen (secondary N) is 1. The van der Waals surface area contributed by atoms with Gasteiger partial charge in [0.15, 0.2) is 0 Å². The molecule has 0 aliphatic heterocycles. The van der Waals surface area contributed by atoms with Gasteiger partial charge in [-0.15, -0.1) is 0 Å². The van der Waals surface area contributed by atoms with Gasteiger partial charge in [-0.3, -0.25) is 0 Å². The quantitative estimate of drug-likeness (QED) is 0.827. The average molecular weight is 309 g/mol. The van der Waals surface area contributed by atoms with Crippen molar-refractivity contribution in [1.29, 1.82) is 0 Å². The van der Waals surface area contributed by atoms with Gasteiger partial charge >= 0.3 is 0 Å². The minimum absolute atomic E-state index is 0.125. The van der Waals surface area contributed by atoms with Crippen LogP contribution in [0, 0.1) is 0 Å². The van der Waals surface area contributed by atoms with Gasteiger partial charge in [0.2, 0.25) is 10.0 Å². The van der Waals surface area contributed by atoms with Crippen molar-refractivity contribution in [3.05, 3.63) is 42.4 Å². The average Bonchev–Trinajstić information content (AvgIpc) is 2.94. The maximum absolute atomic E-state index is 12.1. The molecule has 0 radical (unpaired) electrons. The highest BCUT2D eigenvalue weighted by molar-refractivity contribution is 7.89. The molecule has 0 bridgehead atoms. The SMILES string of the molecule is CC(Nc1cc(S(=O)(=O)N(C)C)ccc1N)c1ccco1. The van der Waals surface area contributed by atoms with E-state index in [1.807, 2.05) is 13.0 Å². The normalized spacial score (nSPS) is 13.3. The lowest BCUT2D eigenvalue weighted by molar-refractivity contribution is 0.490. The van der Waals surface area contributed by atoms with Crippen molar-refractivity contribution in [2.75, 3.05) is 25.1 Å². The molecule has 0 amide bonds. The predicted octanol–water partition coefficient (Wildman–Crippen LogP) is 2.29. The van der Waals surface area contributed by atoms with Crippen LogP contribution >= 0.6 is 0 Å². The Bertz CT molecular complexity index is 709. The van der Waals surface area contributed by atoms with Crippen LogP contribution in [0.2, 0.25) is 0 Å². The largest absolute Gasteiger partial charge is 0.467 e. The van der Waals surface area contributed by atoms with E-state index < -0.39 is 10.0 Å². The Morgan fingerprint density at radius 1 is 1.29 bits per heavy atom. The molecule has 1 aromatic carbocycles. The number of nitrogen functional groups attached to an aromatic ring is 1. The highest BCUT2D eigenvalue weighted by Gasteiger charge is 2.19. The van der Waals surface area contributed by atoms with Crippen LogP contribution in [-0.4, -0.2) is 26.8 Å². The zero-order valence-corrected chi connectivity index (χ0v) is 13.0. The van der Waals surface area contributed by atoms with Crippen LogP contribution < -0.4 is 11.1 Å². The lowest BCUT2D eigenvalue weighted by Crippen LogP contribution is -2.22. The first-order valence-corrected chi connectivity index (χ1v) is 7.88. The summed E-state index contributed by atoms with van der Waals surface area (Å²) >= 11 is 0. The summed E-state index contributed by atoms with van der Waals surface area (Å²) in [6.45, 7) is 1.91. The van der Waals surface area contributed by atoms with Crippen LogP contribution in [0.25, 0.3) is 0 Å². The van der Waals surface area contributed by atoms with Crippen LogP contribution in [0.5, 0.6) is 0 Å². The number of furan rings is 1. The summed E-state index contributed by atoms with van der Waals surface area (Å²) in [5, 5.41) is 3.16. The summed E-state index contributed by atoms with van der Waals surface area (Å²) in [6.07, 6.45) is 1.59. The van der Waals surface area contributed by atoms with Gasteiger partial charge in [-0.2, -0.15) is 0 Å². The zero-order chi connectivity index (χ0) is 15.6. The van der Waals surface area contributed by atoms with Crippen LogP contribution in [-0.2, 0) is 10.0 Å². The Hall–Kier alpha value is -1.99. The molecule has 2 rings (SSSR count). The first kappa shape index (κ1) is 15.4. The standard InChI is InChI=1S/C14H19N3O3S/c1-10(14-5-4-8-20-14)16-13-9-11(6-7-12(13)15)21(18,19)17(2)3/h4-10,16H,15H2,1-3H3. The first-order chi connectivity index (χ1) is 9.82. The molecular weight excluding hydrogens is 290 g/mol. The van der Waals surface area contributed by atoms with Gasteiger partial charge in [0.1, 0.15) is 5.76 Å². The molecule has 0 fully saturated rings. The van der Waals surface area contributed by atoms with E-state index in [1.54, 1.807) is 18.4 Å². The van der Waals surface area contributed by atoms with E-state index in [2.05, 4.69) is 5.32 Å². The van der Waals surface area contributed by atoms with E-state index in [0.717, 1.165) is 10.1 Å². The molecule has 0 aliphatic rings. The minimum Gasteiger partial charge on any atom is -0.467 e. The fraction of sp³-hybridized carbons (Fsp3) is 0.286. The van der Waals surface area contributed by atoms with Crippen molar-refractivity contribution >= 4 is 21.4 Å². The maximum Gasteiger partial charge on any atom is 0.242 e. The van der Waals surface area contributed by atoms with Crippen molar-refractivity contribution in [2.24, 2.45) is 0 Å². The van der Waals surface area contributed by atoms with Crippen molar-refractivity contribution in [2.45, 2.75) is 17.9 Å². The van der Waals surface area contributed by atoms with Crippen LogP contribution in [0.4, 0.5) is 11.4 Å². The molecule has 21 heavy (non-hydrogen) atoms. The number of rotatable bonds is 5. The van der Waals surface area contributed by atoms with Crippen LogP contribution in [0.3, 0.4) is 0 Å². The molecule has 1 atom stereocenters. The first-order valence-electron chi connectivity index (χ1n) is 6.44. The molecule has 0 spiro atoms. The third-order valence-corrected chi connectivity index (χ3v) is 4.96. The third kappa shape index (κ3) is 3.20. The Morgan fingerprint density at radius 3 is 2.57 bits per heavy atom. The third-order valence-electron chi connectivity index (χ3n) is 3.15. The molecular formula is C14H19N3O3S. The van der Waals surface area contributed by atoms with Crippen LogP contribution in [0.15, 0.2) is 45.9 Å². The summed E-state index contributed by atoms with van der Waals surface area (Å²) in [6, 6.07) is 8.11. The topological polar surface area (TPSA) is 88.6 Å². The minimum atomic E-state index is -3.49. The van der Waals surface area contributed by atoms with E-state index in [9.17, 15) is 8.42 Å². The molecule has 7 heteroatoms. The fourth-order valence-corrected chi connectivity index (χ4v) is 2.80. The molecule has 6 nitrogen and oxygen atoms in total. The molecule has 0 saturated heterocycles. The van der Waals surface area contributed by atoms with Crippen LogP contribution in [0.1, 0.15) is 18.7 Å². The number of sulfonamides is 1. The van der Waals surface area contributed by atoms with Gasteiger partial charge in [0, 0.05) is 14.1 Å². The molecule has 0 saturated carbocycles. The lowest BCUT2D eigenvalue weighted by atomic mass is 10.2. The van der Waals surface area contributed by atoms with Gasteiger partial charge < -0.3 is 15.5 Å². The van der Waals surface area contributed by atoms with Gasteiger partial charge in [0.05, 0.1) is 28.6 Å².